The molecule has 5 aliphatic rings. The highest BCUT2D eigenvalue weighted by Crippen LogP contribution is 2.63. The molecule has 0 spiro atoms. The topological polar surface area (TPSA) is 133 Å². The average molecular weight is 595 g/mol. The first kappa shape index (κ1) is 32.3. The van der Waals surface area contributed by atoms with Crippen molar-refractivity contribution in [2.24, 2.45) is 17.3 Å². The molecule has 4 atom stereocenters. The Morgan fingerprint density at radius 3 is 2.14 bits per heavy atom. The number of rotatable bonds is 10. The summed E-state index contributed by atoms with van der Waals surface area (Å²) < 4.78 is 39.3. The van der Waals surface area contributed by atoms with Crippen molar-refractivity contribution < 1.29 is 52.3 Å². The molecule has 0 aromatic heterocycles. The smallest absolute Gasteiger partial charge is 0.463 e. The third kappa shape index (κ3) is 8.69. The molecule has 0 radical (unpaired) electrons. The first-order valence-corrected chi connectivity index (χ1v) is 14.9. The van der Waals surface area contributed by atoms with E-state index in [-0.39, 0.29) is 36.6 Å². The lowest BCUT2D eigenvalue weighted by Crippen LogP contribution is -2.59. The second-order valence-electron chi connectivity index (χ2n) is 14.2. The number of ether oxygens (including phenoxy) is 7. The van der Waals surface area contributed by atoms with Gasteiger partial charge in [-0.2, -0.15) is 0 Å². The number of carbonyl (C=O) groups excluding carboxylic acids is 4. The second-order valence-corrected chi connectivity index (χ2v) is 14.2. The summed E-state index contributed by atoms with van der Waals surface area (Å²) in [5, 5.41) is 0. The first-order chi connectivity index (χ1) is 19.4. The Hall–Kier alpha value is -2.66. The number of esters is 3. The van der Waals surface area contributed by atoms with Crippen LogP contribution in [0, 0.1) is 17.3 Å². The molecular formula is C31H46O11. The first-order valence-electron chi connectivity index (χ1n) is 14.9. The van der Waals surface area contributed by atoms with Gasteiger partial charge in [-0.05, 0) is 91.9 Å². The number of hydrogen-bond acceptors (Lipinski definition) is 11. The van der Waals surface area contributed by atoms with Gasteiger partial charge in [0.1, 0.15) is 17.8 Å². The predicted molar refractivity (Wildman–Crippen MR) is 148 cm³/mol. The summed E-state index contributed by atoms with van der Waals surface area (Å²) in [5.41, 5.74) is -1.35. The maximum atomic E-state index is 13.0. The van der Waals surface area contributed by atoms with E-state index in [9.17, 15) is 19.2 Å². The Labute approximate surface area is 247 Å². The molecule has 5 rings (SSSR count). The van der Waals surface area contributed by atoms with Gasteiger partial charge < -0.3 is 33.2 Å². The zero-order valence-corrected chi connectivity index (χ0v) is 25.8. The second kappa shape index (κ2) is 12.1. The van der Waals surface area contributed by atoms with Crippen LogP contribution in [-0.4, -0.2) is 73.1 Å². The molecular weight excluding hydrogens is 548 g/mol. The van der Waals surface area contributed by atoms with Crippen LogP contribution < -0.4 is 0 Å². The molecule has 42 heavy (non-hydrogen) atoms. The highest BCUT2D eigenvalue weighted by Gasteiger charge is 2.60. The minimum atomic E-state index is -0.963. The number of hydrogen-bond donors (Lipinski definition) is 0. The summed E-state index contributed by atoms with van der Waals surface area (Å²) in [6.45, 7) is 13.6. The lowest BCUT2D eigenvalue weighted by molar-refractivity contribution is -0.305. The lowest BCUT2D eigenvalue weighted by atomic mass is 9.48. The highest BCUT2D eigenvalue weighted by atomic mass is 16.8. The van der Waals surface area contributed by atoms with Crippen molar-refractivity contribution in [3.8, 4) is 0 Å². The highest BCUT2D eigenvalue weighted by molar-refractivity contribution is 5.88. The Balaban J connectivity index is 1.29. The summed E-state index contributed by atoms with van der Waals surface area (Å²) in [5.74, 6) is -1.84. The molecule has 4 saturated carbocycles. The zero-order chi connectivity index (χ0) is 30.9. The van der Waals surface area contributed by atoms with E-state index in [0.717, 1.165) is 32.1 Å². The summed E-state index contributed by atoms with van der Waals surface area (Å²) >= 11 is 0. The van der Waals surface area contributed by atoms with Crippen LogP contribution in [0.5, 0.6) is 0 Å². The Morgan fingerprint density at radius 2 is 1.52 bits per heavy atom. The molecule has 0 N–H and O–H groups in total. The van der Waals surface area contributed by atoms with E-state index in [1.54, 1.807) is 13.8 Å². The fourth-order valence-corrected chi connectivity index (χ4v) is 7.56. The standard InChI is InChI=1S/C31H46O11/c1-19(2)26(34)36-16-25(33)38-18-30-11-20-8-21(12-30)14-31(13-20,17-30)42-27(35)37-15-23-9-22(39-29(6,7)40-23)10-24(32)41-28(3,4)5/h20-23H,1,8-18H2,2-7H3. The molecule has 1 saturated heterocycles. The van der Waals surface area contributed by atoms with Crippen LogP contribution >= 0.6 is 0 Å². The van der Waals surface area contributed by atoms with E-state index >= 15 is 0 Å². The van der Waals surface area contributed by atoms with Crippen LogP contribution in [0.4, 0.5) is 4.79 Å². The van der Waals surface area contributed by atoms with Gasteiger partial charge in [-0.3, -0.25) is 4.79 Å². The summed E-state index contributed by atoms with van der Waals surface area (Å²) in [6.07, 6.45) is 3.70. The minimum absolute atomic E-state index is 0.0367. The van der Waals surface area contributed by atoms with Gasteiger partial charge in [-0.25, -0.2) is 14.4 Å². The molecule has 4 bridgehead atoms. The van der Waals surface area contributed by atoms with E-state index in [2.05, 4.69) is 6.58 Å². The van der Waals surface area contributed by atoms with Gasteiger partial charge in [-0.15, -0.1) is 0 Å². The average Bonchev–Trinajstić information content (AvgIpc) is 2.81. The third-order valence-electron chi connectivity index (χ3n) is 8.27. The van der Waals surface area contributed by atoms with Crippen LogP contribution in [-0.2, 0) is 47.5 Å². The van der Waals surface area contributed by atoms with Crippen molar-refractivity contribution in [1.29, 1.82) is 0 Å². The van der Waals surface area contributed by atoms with Gasteiger partial charge in [0.2, 0.25) is 0 Å². The van der Waals surface area contributed by atoms with Crippen LogP contribution in [0.15, 0.2) is 12.2 Å². The maximum Gasteiger partial charge on any atom is 0.508 e. The minimum Gasteiger partial charge on any atom is -0.463 e. The molecule has 11 heteroatoms. The quantitative estimate of drug-likeness (QED) is 0.196. The molecule has 0 aromatic rings. The van der Waals surface area contributed by atoms with Crippen LogP contribution in [0.3, 0.4) is 0 Å². The van der Waals surface area contributed by atoms with E-state index in [0.29, 0.717) is 24.7 Å². The fraction of sp³-hybridized carbons (Fsp3) is 0.806. The van der Waals surface area contributed by atoms with Gasteiger partial charge in [0.15, 0.2) is 12.4 Å². The van der Waals surface area contributed by atoms with Crippen molar-refractivity contribution in [1.82, 2.24) is 0 Å². The Kier molecular flexibility index (Phi) is 9.33. The van der Waals surface area contributed by atoms with Gasteiger partial charge in [-0.1, -0.05) is 6.58 Å². The maximum absolute atomic E-state index is 13.0. The molecule has 4 aliphatic carbocycles. The molecule has 11 nitrogen and oxygen atoms in total. The van der Waals surface area contributed by atoms with Crippen LogP contribution in [0.2, 0.25) is 0 Å². The van der Waals surface area contributed by atoms with E-state index in [1.807, 2.05) is 20.8 Å². The van der Waals surface area contributed by atoms with Crippen LogP contribution in [0.25, 0.3) is 0 Å². The lowest BCUT2D eigenvalue weighted by Gasteiger charge is -2.60. The van der Waals surface area contributed by atoms with E-state index in [1.165, 1.54) is 6.92 Å². The van der Waals surface area contributed by atoms with Crippen LogP contribution in [0.1, 0.15) is 92.9 Å². The molecule has 4 unspecified atom stereocenters. The predicted octanol–water partition coefficient (Wildman–Crippen LogP) is 4.78. The largest absolute Gasteiger partial charge is 0.508 e. The molecule has 0 aromatic carbocycles. The van der Waals surface area contributed by atoms with E-state index in [4.69, 9.17) is 33.2 Å². The van der Waals surface area contributed by atoms with Gasteiger partial charge in [0, 0.05) is 17.4 Å². The Morgan fingerprint density at radius 1 is 0.881 bits per heavy atom. The molecule has 1 heterocycles. The Bertz CT molecular complexity index is 1060. The zero-order valence-electron chi connectivity index (χ0n) is 25.8. The molecule has 0 amide bonds. The summed E-state index contributed by atoms with van der Waals surface area (Å²) in [7, 11) is 0. The SMILES string of the molecule is C=C(C)C(=O)OCC(=O)OCC12CC3CC(C1)CC(OC(=O)OCC1CC(CC(=O)OC(C)(C)C)OC(C)(C)O1)(C3)C2. The van der Waals surface area contributed by atoms with Gasteiger partial charge in [0.05, 0.1) is 25.2 Å². The monoisotopic (exact) mass is 594 g/mol. The molecule has 1 aliphatic heterocycles. The molecule has 236 valence electrons. The molecule has 5 fully saturated rings. The van der Waals surface area contributed by atoms with Gasteiger partial charge >= 0.3 is 24.1 Å². The van der Waals surface area contributed by atoms with Crippen molar-refractivity contribution in [3.05, 3.63) is 12.2 Å². The summed E-state index contributed by atoms with van der Waals surface area (Å²) in [4.78, 5) is 49.2. The van der Waals surface area contributed by atoms with Crippen molar-refractivity contribution in [2.45, 2.75) is 122 Å². The van der Waals surface area contributed by atoms with Crippen molar-refractivity contribution in [3.63, 3.8) is 0 Å². The van der Waals surface area contributed by atoms with Crippen molar-refractivity contribution in [2.75, 3.05) is 19.8 Å². The van der Waals surface area contributed by atoms with Crippen molar-refractivity contribution >= 4 is 24.1 Å². The third-order valence-corrected chi connectivity index (χ3v) is 8.27. The number of carbonyl (C=O) groups is 4. The fourth-order valence-electron chi connectivity index (χ4n) is 7.56. The van der Waals surface area contributed by atoms with Gasteiger partial charge in [0.25, 0.3) is 0 Å². The normalized spacial score (nSPS) is 32.9. The summed E-state index contributed by atoms with van der Waals surface area (Å²) in [6, 6.07) is 0. The van der Waals surface area contributed by atoms with E-state index < -0.39 is 53.9 Å².